The maximum atomic E-state index is 12.4. The highest BCUT2D eigenvalue weighted by molar-refractivity contribution is 6.04. The highest BCUT2D eigenvalue weighted by atomic mass is 16.3. The molecule has 0 unspecified atom stereocenters. The average Bonchev–Trinajstić information content (AvgIpc) is 3.46. The molecule has 2 aromatic rings. The Labute approximate surface area is 177 Å². The fraction of sp³-hybridized carbons (Fsp3) is 0.565. The third-order valence-corrected chi connectivity index (χ3v) is 6.92. The van der Waals surface area contributed by atoms with Crippen LogP contribution in [0, 0.1) is 0 Å². The lowest BCUT2D eigenvalue weighted by atomic mass is 10.1. The van der Waals surface area contributed by atoms with E-state index >= 15 is 0 Å². The fourth-order valence-electron chi connectivity index (χ4n) is 5.24. The van der Waals surface area contributed by atoms with Crippen LogP contribution in [0.25, 0.3) is 11.0 Å². The van der Waals surface area contributed by atoms with E-state index < -0.39 is 0 Å². The van der Waals surface area contributed by atoms with Gasteiger partial charge in [0.2, 0.25) is 0 Å². The Morgan fingerprint density at radius 2 is 1.93 bits per heavy atom. The van der Waals surface area contributed by atoms with Crippen molar-refractivity contribution in [3.63, 3.8) is 0 Å². The summed E-state index contributed by atoms with van der Waals surface area (Å²) < 4.78 is 5.72. The highest BCUT2D eigenvalue weighted by Crippen LogP contribution is 2.30. The highest BCUT2D eigenvalue weighted by Gasteiger charge is 2.46. The predicted molar refractivity (Wildman–Crippen MR) is 116 cm³/mol. The Hall–Kier alpha value is -2.54. The van der Waals surface area contributed by atoms with Crippen LogP contribution in [0.4, 0.5) is 10.5 Å². The first-order valence-electron chi connectivity index (χ1n) is 11.2. The number of urea groups is 1. The van der Waals surface area contributed by atoms with E-state index in [2.05, 4.69) is 34.9 Å². The standard InChI is InChI=1S/C23H30N4O3/c1-17-16-25(19-7-4-6-18-9-15-30-21(18)19)14-13-24(17)10-2-3-11-27-22(28)20-8-5-12-26(20)23(27)29/h4,6-7,9,15,17,20H,2-3,5,8,10-14,16H2,1H3/t17-,20-/m0/s1. The van der Waals surface area contributed by atoms with Gasteiger partial charge in [-0.1, -0.05) is 12.1 Å². The zero-order valence-corrected chi connectivity index (χ0v) is 17.6. The maximum Gasteiger partial charge on any atom is 0.327 e. The van der Waals surface area contributed by atoms with Gasteiger partial charge in [-0.2, -0.15) is 0 Å². The van der Waals surface area contributed by atoms with Crippen molar-refractivity contribution in [1.82, 2.24) is 14.7 Å². The summed E-state index contributed by atoms with van der Waals surface area (Å²) in [5.41, 5.74) is 2.15. The van der Waals surface area contributed by atoms with Crippen molar-refractivity contribution in [3.8, 4) is 0 Å². The van der Waals surface area contributed by atoms with Gasteiger partial charge in [-0.25, -0.2) is 4.79 Å². The average molecular weight is 411 g/mol. The van der Waals surface area contributed by atoms with Crippen LogP contribution in [0.15, 0.2) is 34.9 Å². The molecular formula is C23H30N4O3. The van der Waals surface area contributed by atoms with Gasteiger partial charge in [0.25, 0.3) is 5.91 Å². The summed E-state index contributed by atoms with van der Waals surface area (Å²) in [6.45, 7) is 7.53. The number of carbonyl (C=O) groups is 2. The number of unbranched alkanes of at least 4 members (excludes halogenated alkanes) is 1. The number of hydrogen-bond acceptors (Lipinski definition) is 5. The molecule has 3 aliphatic heterocycles. The van der Waals surface area contributed by atoms with Crippen LogP contribution in [0.5, 0.6) is 0 Å². The number of hydrogen-bond donors (Lipinski definition) is 0. The third kappa shape index (κ3) is 3.35. The summed E-state index contributed by atoms with van der Waals surface area (Å²) in [6.07, 6.45) is 5.41. The molecule has 30 heavy (non-hydrogen) atoms. The van der Waals surface area contributed by atoms with Gasteiger partial charge in [0, 0.05) is 44.2 Å². The first kappa shape index (κ1) is 19.4. The second-order valence-electron chi connectivity index (χ2n) is 8.78. The van der Waals surface area contributed by atoms with Gasteiger partial charge in [0.15, 0.2) is 5.58 Å². The minimum Gasteiger partial charge on any atom is -0.462 e. The Kier molecular flexibility index (Phi) is 5.15. The van der Waals surface area contributed by atoms with Gasteiger partial charge >= 0.3 is 6.03 Å². The SMILES string of the molecule is C[C@H]1CN(c2cccc3ccoc23)CCN1CCCCN1C(=O)[C@@H]2CCCN2C1=O. The lowest BCUT2D eigenvalue weighted by Crippen LogP contribution is -2.52. The van der Waals surface area contributed by atoms with Crippen molar-refractivity contribution >= 4 is 28.6 Å². The molecule has 0 bridgehead atoms. The van der Waals surface area contributed by atoms with E-state index in [0.717, 1.165) is 69.4 Å². The van der Waals surface area contributed by atoms with Crippen LogP contribution in [0.2, 0.25) is 0 Å². The molecule has 1 aromatic carbocycles. The van der Waals surface area contributed by atoms with Gasteiger partial charge in [-0.15, -0.1) is 0 Å². The van der Waals surface area contributed by atoms with E-state index in [1.165, 1.54) is 10.6 Å². The number of nitrogens with zero attached hydrogens (tertiary/aromatic N) is 4. The Bertz CT molecular complexity index is 919. The smallest absolute Gasteiger partial charge is 0.327 e. The van der Waals surface area contributed by atoms with Crippen molar-refractivity contribution in [1.29, 1.82) is 0 Å². The number of para-hydroxylation sites is 1. The third-order valence-electron chi connectivity index (χ3n) is 6.92. The minimum atomic E-state index is -0.177. The molecule has 2 atom stereocenters. The Balaban J connectivity index is 1.11. The second kappa shape index (κ2) is 7.95. The number of carbonyl (C=O) groups excluding carboxylic acids is 2. The number of anilines is 1. The summed E-state index contributed by atoms with van der Waals surface area (Å²) in [5, 5.41) is 1.15. The number of piperazine rings is 1. The molecule has 0 spiro atoms. The number of amides is 3. The first-order valence-corrected chi connectivity index (χ1v) is 11.2. The monoisotopic (exact) mass is 410 g/mol. The lowest BCUT2D eigenvalue weighted by molar-refractivity contribution is -0.128. The Morgan fingerprint density at radius 1 is 1.07 bits per heavy atom. The molecular weight excluding hydrogens is 380 g/mol. The van der Waals surface area contributed by atoms with Gasteiger partial charge in [0.05, 0.1) is 12.0 Å². The number of fused-ring (bicyclic) bond motifs is 2. The zero-order valence-electron chi connectivity index (χ0n) is 17.6. The van der Waals surface area contributed by atoms with E-state index in [4.69, 9.17) is 4.42 Å². The van der Waals surface area contributed by atoms with Crippen molar-refractivity contribution < 1.29 is 14.0 Å². The molecule has 4 heterocycles. The van der Waals surface area contributed by atoms with Crippen LogP contribution < -0.4 is 4.90 Å². The summed E-state index contributed by atoms with van der Waals surface area (Å²) in [6, 6.07) is 8.53. The van der Waals surface area contributed by atoms with Crippen molar-refractivity contribution in [2.24, 2.45) is 0 Å². The van der Waals surface area contributed by atoms with E-state index in [-0.39, 0.29) is 18.0 Å². The second-order valence-corrected chi connectivity index (χ2v) is 8.78. The molecule has 3 amide bonds. The van der Waals surface area contributed by atoms with Gasteiger partial charge in [0.1, 0.15) is 6.04 Å². The van der Waals surface area contributed by atoms with Crippen LogP contribution in [-0.4, -0.2) is 78.0 Å². The van der Waals surface area contributed by atoms with Crippen LogP contribution >= 0.6 is 0 Å². The van der Waals surface area contributed by atoms with Crippen LogP contribution in [0.1, 0.15) is 32.6 Å². The molecule has 1 aromatic heterocycles. The molecule has 5 rings (SSSR count). The molecule has 3 fully saturated rings. The van der Waals surface area contributed by atoms with E-state index in [1.807, 2.05) is 6.07 Å². The zero-order chi connectivity index (χ0) is 20.7. The molecule has 7 nitrogen and oxygen atoms in total. The molecule has 0 saturated carbocycles. The molecule has 7 heteroatoms. The molecule has 3 aliphatic rings. The molecule has 0 radical (unpaired) electrons. The lowest BCUT2D eigenvalue weighted by Gasteiger charge is -2.41. The number of benzene rings is 1. The van der Waals surface area contributed by atoms with Crippen LogP contribution in [0.3, 0.4) is 0 Å². The largest absolute Gasteiger partial charge is 0.462 e. The summed E-state index contributed by atoms with van der Waals surface area (Å²) >= 11 is 0. The van der Waals surface area contributed by atoms with E-state index in [9.17, 15) is 9.59 Å². The maximum absolute atomic E-state index is 12.4. The predicted octanol–water partition coefficient (Wildman–Crippen LogP) is 3.15. The molecule has 0 aliphatic carbocycles. The van der Waals surface area contributed by atoms with Gasteiger partial charge < -0.3 is 14.2 Å². The van der Waals surface area contributed by atoms with Gasteiger partial charge in [-0.3, -0.25) is 14.6 Å². The molecule has 0 N–H and O–H groups in total. The summed E-state index contributed by atoms with van der Waals surface area (Å²) in [4.78, 5) is 33.0. The van der Waals surface area contributed by atoms with Crippen molar-refractivity contribution in [3.05, 3.63) is 30.5 Å². The summed E-state index contributed by atoms with van der Waals surface area (Å²) in [5.74, 6) is 0.0200. The first-order chi connectivity index (χ1) is 14.6. The summed E-state index contributed by atoms with van der Waals surface area (Å²) in [7, 11) is 0. The quantitative estimate of drug-likeness (QED) is 0.541. The minimum absolute atomic E-state index is 0.0200. The Morgan fingerprint density at radius 3 is 2.77 bits per heavy atom. The topological polar surface area (TPSA) is 60.2 Å². The molecule has 3 saturated heterocycles. The number of furan rings is 1. The van der Waals surface area contributed by atoms with Crippen LogP contribution in [-0.2, 0) is 4.79 Å². The fourth-order valence-corrected chi connectivity index (χ4v) is 5.24. The van der Waals surface area contributed by atoms with Gasteiger partial charge in [-0.05, 0) is 51.3 Å². The van der Waals surface area contributed by atoms with E-state index in [1.54, 1.807) is 11.2 Å². The van der Waals surface area contributed by atoms with Crippen molar-refractivity contribution in [2.75, 3.05) is 44.2 Å². The van der Waals surface area contributed by atoms with E-state index in [0.29, 0.717) is 12.6 Å². The van der Waals surface area contributed by atoms with Crippen molar-refractivity contribution in [2.45, 2.75) is 44.7 Å². The normalized spacial score (nSPS) is 25.0. The number of rotatable bonds is 6. The number of imide groups is 1. The molecule has 160 valence electrons.